The van der Waals surface area contributed by atoms with Gasteiger partial charge in [-0.05, 0) is 45.3 Å². The van der Waals surface area contributed by atoms with Crippen LogP contribution < -0.4 is 5.32 Å². The SMILES string of the molecule is C#CC(C)(C)NC1CCN(Cc2ccccc2)CC1. The van der Waals surface area contributed by atoms with Crippen LogP contribution in [0.2, 0.25) is 0 Å². The molecule has 102 valence electrons. The quantitative estimate of drug-likeness (QED) is 0.833. The molecule has 0 unspecified atom stereocenters. The maximum atomic E-state index is 5.53. The Labute approximate surface area is 117 Å². The minimum Gasteiger partial charge on any atom is -0.299 e. The Morgan fingerprint density at radius 1 is 1.26 bits per heavy atom. The van der Waals surface area contributed by atoms with Crippen LogP contribution in [-0.4, -0.2) is 29.6 Å². The summed E-state index contributed by atoms with van der Waals surface area (Å²) in [5.74, 6) is 2.81. The highest BCUT2D eigenvalue weighted by molar-refractivity contribution is 5.14. The number of nitrogens with zero attached hydrogens (tertiary/aromatic N) is 1. The Morgan fingerprint density at radius 2 is 1.89 bits per heavy atom. The lowest BCUT2D eigenvalue weighted by Gasteiger charge is -2.35. The number of likely N-dealkylation sites (tertiary alicyclic amines) is 1. The first-order chi connectivity index (χ1) is 9.09. The Balaban J connectivity index is 1.79. The molecule has 2 rings (SSSR count). The predicted octanol–water partition coefficient (Wildman–Crippen LogP) is 2.65. The zero-order valence-electron chi connectivity index (χ0n) is 12.0. The molecule has 0 amide bonds. The summed E-state index contributed by atoms with van der Waals surface area (Å²) in [5.41, 5.74) is 1.21. The second-order valence-electron chi connectivity index (χ2n) is 5.95. The van der Waals surface area contributed by atoms with Crippen LogP contribution in [0, 0.1) is 12.3 Å². The van der Waals surface area contributed by atoms with Gasteiger partial charge in [-0.25, -0.2) is 0 Å². The fraction of sp³-hybridized carbons (Fsp3) is 0.529. The van der Waals surface area contributed by atoms with Gasteiger partial charge in [0.1, 0.15) is 0 Å². The van der Waals surface area contributed by atoms with E-state index in [0.29, 0.717) is 6.04 Å². The summed E-state index contributed by atoms with van der Waals surface area (Å²) < 4.78 is 0. The van der Waals surface area contributed by atoms with Crippen LogP contribution >= 0.6 is 0 Å². The van der Waals surface area contributed by atoms with Crippen molar-refractivity contribution >= 4 is 0 Å². The molecule has 1 N–H and O–H groups in total. The van der Waals surface area contributed by atoms with Gasteiger partial charge < -0.3 is 0 Å². The van der Waals surface area contributed by atoms with Gasteiger partial charge in [-0.2, -0.15) is 0 Å². The van der Waals surface area contributed by atoms with Crippen molar-refractivity contribution in [3.8, 4) is 12.3 Å². The monoisotopic (exact) mass is 256 g/mol. The zero-order valence-corrected chi connectivity index (χ0v) is 12.0. The minimum absolute atomic E-state index is 0.188. The predicted molar refractivity (Wildman–Crippen MR) is 80.8 cm³/mol. The van der Waals surface area contributed by atoms with E-state index >= 15 is 0 Å². The van der Waals surface area contributed by atoms with Gasteiger partial charge in [-0.1, -0.05) is 36.3 Å². The normalized spacial score (nSPS) is 18.2. The lowest BCUT2D eigenvalue weighted by molar-refractivity contribution is 0.180. The molecular weight excluding hydrogens is 232 g/mol. The van der Waals surface area contributed by atoms with Crippen LogP contribution in [0.3, 0.4) is 0 Å². The first kappa shape index (κ1) is 14.1. The molecule has 19 heavy (non-hydrogen) atoms. The fourth-order valence-corrected chi connectivity index (χ4v) is 2.63. The van der Waals surface area contributed by atoms with Crippen LogP contribution in [0.1, 0.15) is 32.3 Å². The number of benzene rings is 1. The number of nitrogens with one attached hydrogen (secondary N) is 1. The molecule has 1 aliphatic heterocycles. The average molecular weight is 256 g/mol. The first-order valence-corrected chi connectivity index (χ1v) is 7.11. The summed E-state index contributed by atoms with van der Waals surface area (Å²) in [7, 11) is 0. The molecule has 2 nitrogen and oxygen atoms in total. The van der Waals surface area contributed by atoms with Crippen molar-refractivity contribution in [1.82, 2.24) is 10.2 Å². The van der Waals surface area contributed by atoms with E-state index in [1.54, 1.807) is 0 Å². The minimum atomic E-state index is -0.188. The number of hydrogen-bond donors (Lipinski definition) is 1. The molecule has 0 atom stereocenters. The van der Waals surface area contributed by atoms with E-state index in [-0.39, 0.29) is 5.54 Å². The summed E-state index contributed by atoms with van der Waals surface area (Å²) in [6.45, 7) is 7.50. The number of hydrogen-bond acceptors (Lipinski definition) is 2. The van der Waals surface area contributed by atoms with Crippen molar-refractivity contribution < 1.29 is 0 Å². The Hall–Kier alpha value is -1.30. The van der Waals surface area contributed by atoms with Gasteiger partial charge in [-0.3, -0.25) is 10.2 Å². The maximum Gasteiger partial charge on any atom is 0.0743 e. The number of piperidine rings is 1. The first-order valence-electron chi connectivity index (χ1n) is 7.11. The Kier molecular flexibility index (Phi) is 4.63. The van der Waals surface area contributed by atoms with Gasteiger partial charge in [0, 0.05) is 12.6 Å². The summed E-state index contributed by atoms with van der Waals surface area (Å²) in [6, 6.07) is 11.2. The lowest BCUT2D eigenvalue weighted by Crippen LogP contribution is -2.49. The van der Waals surface area contributed by atoms with Crippen molar-refractivity contribution in [1.29, 1.82) is 0 Å². The summed E-state index contributed by atoms with van der Waals surface area (Å²) in [5, 5.41) is 3.57. The molecule has 0 bridgehead atoms. The molecule has 0 aromatic heterocycles. The fourth-order valence-electron chi connectivity index (χ4n) is 2.63. The molecule has 1 aromatic rings. The molecule has 0 radical (unpaired) electrons. The van der Waals surface area contributed by atoms with E-state index in [2.05, 4.69) is 60.3 Å². The second kappa shape index (κ2) is 6.23. The molecule has 0 spiro atoms. The van der Waals surface area contributed by atoms with E-state index in [0.717, 1.165) is 19.6 Å². The largest absolute Gasteiger partial charge is 0.299 e. The van der Waals surface area contributed by atoms with Crippen molar-refractivity contribution in [3.05, 3.63) is 35.9 Å². The van der Waals surface area contributed by atoms with Crippen molar-refractivity contribution in [2.24, 2.45) is 0 Å². The highest BCUT2D eigenvalue weighted by atomic mass is 15.1. The van der Waals surface area contributed by atoms with E-state index in [9.17, 15) is 0 Å². The van der Waals surface area contributed by atoms with Crippen LogP contribution in [0.4, 0.5) is 0 Å². The lowest BCUT2D eigenvalue weighted by atomic mass is 9.99. The zero-order chi connectivity index (χ0) is 13.7. The highest BCUT2D eigenvalue weighted by Gasteiger charge is 2.24. The molecule has 1 aliphatic rings. The molecule has 1 fully saturated rings. The third-order valence-corrected chi connectivity index (χ3v) is 3.76. The van der Waals surface area contributed by atoms with Gasteiger partial charge in [0.25, 0.3) is 0 Å². The van der Waals surface area contributed by atoms with Crippen molar-refractivity contribution in [3.63, 3.8) is 0 Å². The molecule has 1 aromatic carbocycles. The third-order valence-electron chi connectivity index (χ3n) is 3.76. The third kappa shape index (κ3) is 4.38. The maximum absolute atomic E-state index is 5.53. The second-order valence-corrected chi connectivity index (χ2v) is 5.95. The Bertz CT molecular complexity index is 422. The number of rotatable bonds is 4. The van der Waals surface area contributed by atoms with Gasteiger partial charge in [0.2, 0.25) is 0 Å². The van der Waals surface area contributed by atoms with Crippen LogP contribution in [0.25, 0.3) is 0 Å². The molecule has 0 saturated carbocycles. The average Bonchev–Trinajstić information content (AvgIpc) is 2.42. The van der Waals surface area contributed by atoms with Crippen LogP contribution in [-0.2, 0) is 6.54 Å². The van der Waals surface area contributed by atoms with Crippen molar-refractivity contribution in [2.45, 2.75) is 44.8 Å². The van der Waals surface area contributed by atoms with E-state index in [1.807, 2.05) is 0 Å². The molecule has 1 heterocycles. The Morgan fingerprint density at radius 3 is 2.47 bits per heavy atom. The van der Waals surface area contributed by atoms with E-state index < -0.39 is 0 Å². The highest BCUT2D eigenvalue weighted by Crippen LogP contribution is 2.16. The smallest absolute Gasteiger partial charge is 0.0743 e. The van der Waals surface area contributed by atoms with Gasteiger partial charge in [0.05, 0.1) is 5.54 Å². The molecule has 0 aliphatic carbocycles. The van der Waals surface area contributed by atoms with Crippen molar-refractivity contribution in [2.75, 3.05) is 13.1 Å². The van der Waals surface area contributed by atoms with E-state index in [4.69, 9.17) is 6.42 Å². The van der Waals surface area contributed by atoms with Crippen LogP contribution in [0.15, 0.2) is 30.3 Å². The van der Waals surface area contributed by atoms with Gasteiger partial charge in [0.15, 0.2) is 0 Å². The number of terminal acetylenes is 1. The molecular formula is C17H24N2. The molecule has 1 saturated heterocycles. The summed E-state index contributed by atoms with van der Waals surface area (Å²) in [4.78, 5) is 2.52. The van der Waals surface area contributed by atoms with E-state index in [1.165, 1.54) is 18.4 Å². The van der Waals surface area contributed by atoms with Crippen LogP contribution in [0.5, 0.6) is 0 Å². The summed E-state index contributed by atoms with van der Waals surface area (Å²) >= 11 is 0. The van der Waals surface area contributed by atoms with Gasteiger partial charge >= 0.3 is 0 Å². The topological polar surface area (TPSA) is 15.3 Å². The summed E-state index contributed by atoms with van der Waals surface area (Å²) in [6.07, 6.45) is 7.89. The standard InChI is InChI=1S/C17H24N2/c1-4-17(2,3)18-16-10-12-19(13-11-16)14-15-8-6-5-7-9-15/h1,5-9,16,18H,10-14H2,2-3H3. The molecule has 2 heteroatoms. The van der Waals surface area contributed by atoms with Gasteiger partial charge in [-0.15, -0.1) is 6.42 Å².